The van der Waals surface area contributed by atoms with E-state index in [4.69, 9.17) is 4.74 Å². The normalized spacial score (nSPS) is 10.4. The van der Waals surface area contributed by atoms with Crippen LogP contribution in [0.15, 0.2) is 72.9 Å². The number of ether oxygens (including phenoxy) is 1. The van der Waals surface area contributed by atoms with E-state index in [1.807, 2.05) is 74.5 Å². The predicted molar refractivity (Wildman–Crippen MR) is 112 cm³/mol. The van der Waals surface area contributed by atoms with E-state index in [-0.39, 0.29) is 5.91 Å². The van der Waals surface area contributed by atoms with Gasteiger partial charge < -0.3 is 15.0 Å². The van der Waals surface area contributed by atoms with Gasteiger partial charge in [-0.2, -0.15) is 0 Å². The monoisotopic (exact) mass is 375 g/mol. The van der Waals surface area contributed by atoms with Gasteiger partial charge in [-0.05, 0) is 55.8 Å². The van der Waals surface area contributed by atoms with E-state index in [0.29, 0.717) is 25.4 Å². The highest BCUT2D eigenvalue weighted by Crippen LogP contribution is 2.20. The van der Waals surface area contributed by atoms with Crippen molar-refractivity contribution in [1.82, 2.24) is 9.88 Å². The Bertz CT molecular complexity index is 874. The topological polar surface area (TPSA) is 54.5 Å². The van der Waals surface area contributed by atoms with Crippen molar-refractivity contribution < 1.29 is 9.53 Å². The molecule has 1 aromatic heterocycles. The first-order valence-electron chi connectivity index (χ1n) is 9.48. The summed E-state index contributed by atoms with van der Waals surface area (Å²) in [5.74, 6) is 0.768. The largest absolute Gasteiger partial charge is 0.489 e. The fourth-order valence-electron chi connectivity index (χ4n) is 2.81. The lowest BCUT2D eigenvalue weighted by molar-refractivity contribution is 0.0767. The highest BCUT2D eigenvalue weighted by atomic mass is 16.5. The number of anilines is 2. The van der Waals surface area contributed by atoms with Gasteiger partial charge in [0, 0.05) is 18.8 Å². The van der Waals surface area contributed by atoms with Crippen LogP contribution in [0.1, 0.15) is 29.9 Å². The zero-order chi connectivity index (χ0) is 19.8. The number of amides is 1. The Morgan fingerprint density at radius 3 is 2.21 bits per heavy atom. The van der Waals surface area contributed by atoms with E-state index in [9.17, 15) is 4.79 Å². The number of hydrogen-bond acceptors (Lipinski definition) is 4. The molecule has 1 amide bonds. The second kappa shape index (κ2) is 9.55. The lowest BCUT2D eigenvalue weighted by Gasteiger charge is -2.18. The molecule has 0 spiro atoms. The molecule has 1 N–H and O–H groups in total. The summed E-state index contributed by atoms with van der Waals surface area (Å²) in [5, 5.41) is 3.29. The minimum Gasteiger partial charge on any atom is -0.489 e. The Labute approximate surface area is 166 Å². The quantitative estimate of drug-likeness (QED) is 0.609. The average molecular weight is 375 g/mol. The second-order valence-corrected chi connectivity index (χ2v) is 6.33. The molecule has 2 aromatic carbocycles. The third-order valence-corrected chi connectivity index (χ3v) is 4.42. The van der Waals surface area contributed by atoms with Crippen LogP contribution in [-0.4, -0.2) is 28.9 Å². The highest BCUT2D eigenvalue weighted by Gasteiger charge is 2.13. The molecule has 0 unspecified atom stereocenters. The van der Waals surface area contributed by atoms with E-state index < -0.39 is 0 Å². The van der Waals surface area contributed by atoms with Crippen LogP contribution < -0.4 is 10.1 Å². The molecule has 5 heteroatoms. The first kappa shape index (κ1) is 19.4. The number of aromatic nitrogens is 1. The first-order chi connectivity index (χ1) is 13.7. The molecule has 0 fully saturated rings. The van der Waals surface area contributed by atoms with Gasteiger partial charge in [-0.25, -0.2) is 4.98 Å². The molecule has 1 heterocycles. The van der Waals surface area contributed by atoms with Crippen molar-refractivity contribution in [3.8, 4) is 5.75 Å². The van der Waals surface area contributed by atoms with Crippen LogP contribution in [0.5, 0.6) is 5.75 Å². The molecule has 3 rings (SSSR count). The number of nitrogens with zero attached hydrogens (tertiary/aromatic N) is 2. The van der Waals surface area contributed by atoms with Crippen LogP contribution in [0.25, 0.3) is 0 Å². The molecule has 3 aromatic rings. The van der Waals surface area contributed by atoms with Crippen LogP contribution in [0, 0.1) is 0 Å². The van der Waals surface area contributed by atoms with Gasteiger partial charge >= 0.3 is 0 Å². The first-order valence-corrected chi connectivity index (χ1v) is 9.48. The Balaban J connectivity index is 1.57. The van der Waals surface area contributed by atoms with Gasteiger partial charge in [0.25, 0.3) is 5.91 Å². The van der Waals surface area contributed by atoms with Crippen molar-refractivity contribution in [2.75, 3.05) is 18.4 Å². The van der Waals surface area contributed by atoms with E-state index in [0.717, 1.165) is 22.7 Å². The molecule has 0 aliphatic heterocycles. The Morgan fingerprint density at radius 2 is 1.61 bits per heavy atom. The second-order valence-electron chi connectivity index (χ2n) is 6.33. The highest BCUT2D eigenvalue weighted by molar-refractivity contribution is 5.92. The van der Waals surface area contributed by atoms with Gasteiger partial charge in [0.05, 0.1) is 11.9 Å². The predicted octanol–water partition coefficient (Wildman–Crippen LogP) is 4.89. The Hall–Kier alpha value is -3.34. The molecular weight excluding hydrogens is 350 g/mol. The van der Waals surface area contributed by atoms with Gasteiger partial charge in [0.1, 0.15) is 18.1 Å². The number of carbonyl (C=O) groups is 1. The minimum absolute atomic E-state index is 0.0449. The zero-order valence-electron chi connectivity index (χ0n) is 16.3. The van der Waals surface area contributed by atoms with Gasteiger partial charge in [-0.1, -0.05) is 30.3 Å². The number of rotatable bonds is 8. The third kappa shape index (κ3) is 5.10. The average Bonchev–Trinajstić information content (AvgIpc) is 2.75. The molecule has 5 nitrogen and oxygen atoms in total. The summed E-state index contributed by atoms with van der Waals surface area (Å²) in [5.41, 5.74) is 3.35. The van der Waals surface area contributed by atoms with Crippen molar-refractivity contribution in [2.45, 2.75) is 20.5 Å². The van der Waals surface area contributed by atoms with Gasteiger partial charge in [-0.15, -0.1) is 0 Å². The summed E-state index contributed by atoms with van der Waals surface area (Å²) >= 11 is 0. The number of carbonyl (C=O) groups excluding carboxylic acids is 1. The maximum absolute atomic E-state index is 12.3. The molecular formula is C23H25N3O2. The van der Waals surface area contributed by atoms with Crippen molar-refractivity contribution in [1.29, 1.82) is 0 Å². The standard InChI is InChI=1S/C23H25N3O2/c1-3-26(4-2)23(27)22-15-12-20(16-24-22)25-19-10-13-21(14-11-19)28-17-18-8-6-5-7-9-18/h5-16,25H,3-4,17H2,1-2H3. The van der Waals surface area contributed by atoms with E-state index in [2.05, 4.69) is 10.3 Å². The lowest BCUT2D eigenvalue weighted by atomic mass is 10.2. The minimum atomic E-state index is -0.0449. The molecule has 0 bridgehead atoms. The summed E-state index contributed by atoms with van der Waals surface area (Å²) in [6, 6.07) is 21.4. The summed E-state index contributed by atoms with van der Waals surface area (Å²) in [7, 11) is 0. The van der Waals surface area contributed by atoms with Crippen molar-refractivity contribution in [3.63, 3.8) is 0 Å². The third-order valence-electron chi connectivity index (χ3n) is 4.42. The summed E-state index contributed by atoms with van der Waals surface area (Å²) in [4.78, 5) is 18.4. The molecule has 0 aliphatic rings. The smallest absolute Gasteiger partial charge is 0.272 e. The number of benzene rings is 2. The molecule has 28 heavy (non-hydrogen) atoms. The molecule has 144 valence electrons. The van der Waals surface area contributed by atoms with Crippen LogP contribution in [0.2, 0.25) is 0 Å². The fraction of sp³-hybridized carbons (Fsp3) is 0.217. The van der Waals surface area contributed by atoms with E-state index in [1.54, 1.807) is 17.2 Å². The van der Waals surface area contributed by atoms with Crippen LogP contribution in [0.4, 0.5) is 11.4 Å². The molecule has 0 aliphatic carbocycles. The number of pyridine rings is 1. The van der Waals surface area contributed by atoms with Gasteiger partial charge in [-0.3, -0.25) is 4.79 Å². The van der Waals surface area contributed by atoms with Crippen LogP contribution in [0.3, 0.4) is 0 Å². The lowest BCUT2D eigenvalue weighted by Crippen LogP contribution is -2.31. The Kier molecular flexibility index (Phi) is 6.63. The molecule has 0 saturated heterocycles. The zero-order valence-corrected chi connectivity index (χ0v) is 16.3. The van der Waals surface area contributed by atoms with Gasteiger partial charge in [0.15, 0.2) is 0 Å². The van der Waals surface area contributed by atoms with E-state index >= 15 is 0 Å². The van der Waals surface area contributed by atoms with Crippen LogP contribution in [-0.2, 0) is 6.61 Å². The number of hydrogen-bond donors (Lipinski definition) is 1. The molecule has 0 radical (unpaired) electrons. The maximum atomic E-state index is 12.3. The molecule has 0 saturated carbocycles. The van der Waals surface area contributed by atoms with Crippen molar-refractivity contribution >= 4 is 17.3 Å². The van der Waals surface area contributed by atoms with Gasteiger partial charge in [0.2, 0.25) is 0 Å². The number of nitrogens with one attached hydrogen (secondary N) is 1. The SMILES string of the molecule is CCN(CC)C(=O)c1ccc(Nc2ccc(OCc3ccccc3)cc2)cn1. The van der Waals surface area contributed by atoms with Crippen molar-refractivity contribution in [2.24, 2.45) is 0 Å². The molecule has 0 atom stereocenters. The summed E-state index contributed by atoms with van der Waals surface area (Å²) in [6.45, 7) is 5.82. The summed E-state index contributed by atoms with van der Waals surface area (Å²) < 4.78 is 5.80. The maximum Gasteiger partial charge on any atom is 0.272 e. The summed E-state index contributed by atoms with van der Waals surface area (Å²) in [6.07, 6.45) is 1.68. The van der Waals surface area contributed by atoms with E-state index in [1.165, 1.54) is 0 Å². The van der Waals surface area contributed by atoms with Crippen LogP contribution >= 0.6 is 0 Å². The Morgan fingerprint density at radius 1 is 0.929 bits per heavy atom. The fourth-order valence-corrected chi connectivity index (χ4v) is 2.81. The van der Waals surface area contributed by atoms with Crippen molar-refractivity contribution in [3.05, 3.63) is 84.2 Å².